The van der Waals surface area contributed by atoms with Gasteiger partial charge in [0, 0.05) is 27.4 Å². The van der Waals surface area contributed by atoms with E-state index in [1.807, 2.05) is 33.2 Å². The van der Waals surface area contributed by atoms with E-state index in [1.165, 1.54) is 6.07 Å². The van der Waals surface area contributed by atoms with E-state index in [-0.39, 0.29) is 24.0 Å². The smallest absolute Gasteiger partial charge is 0.293 e. The number of aliphatic hydroxyl groups excluding tert-OH is 2. The number of pyridine rings is 1. The van der Waals surface area contributed by atoms with Crippen molar-refractivity contribution in [3.63, 3.8) is 0 Å². The molecule has 3 aromatic rings. The van der Waals surface area contributed by atoms with E-state index in [2.05, 4.69) is 15.8 Å². The topological polar surface area (TPSA) is 109 Å². The van der Waals surface area contributed by atoms with Gasteiger partial charge in [0.2, 0.25) is 0 Å². The second-order valence-electron chi connectivity index (χ2n) is 7.05. The van der Waals surface area contributed by atoms with Gasteiger partial charge in [-0.25, -0.2) is 9.87 Å². The predicted octanol–water partition coefficient (Wildman–Crippen LogP) is 2.87. The molecule has 0 radical (unpaired) electrons. The Morgan fingerprint density at radius 1 is 1.40 bits per heavy atom. The van der Waals surface area contributed by atoms with Crippen LogP contribution >= 0.6 is 22.6 Å². The van der Waals surface area contributed by atoms with Crippen molar-refractivity contribution >= 4 is 50.8 Å². The number of halogens is 2. The molecule has 0 aliphatic heterocycles. The number of carbonyl (C=O) groups excluding carboxylic acids is 1. The molecule has 1 aliphatic carbocycles. The Balaban J connectivity index is 1.75. The molecule has 2 heterocycles. The normalized spacial score (nSPS) is 14.7. The molecule has 8 nitrogen and oxygen atoms in total. The summed E-state index contributed by atoms with van der Waals surface area (Å²) < 4.78 is 17.2. The number of aromatic nitrogens is 2. The molecule has 158 valence electrons. The highest BCUT2D eigenvalue weighted by molar-refractivity contribution is 14.1. The first-order valence-corrected chi connectivity index (χ1v) is 10.5. The lowest BCUT2D eigenvalue weighted by atomic mass is 10.2. The van der Waals surface area contributed by atoms with Crippen LogP contribution in [0.4, 0.5) is 15.8 Å². The molecule has 1 fully saturated rings. The fourth-order valence-electron chi connectivity index (χ4n) is 3.25. The van der Waals surface area contributed by atoms with Crippen LogP contribution in [0.15, 0.2) is 36.7 Å². The number of aliphatic hydroxyl groups is 2. The summed E-state index contributed by atoms with van der Waals surface area (Å²) >= 11 is 2.03. The molecule has 1 aromatic carbocycles. The first-order chi connectivity index (χ1) is 14.5. The maximum atomic E-state index is 14.5. The largest absolute Gasteiger partial charge is 0.394 e. The molecule has 0 spiro atoms. The van der Waals surface area contributed by atoms with E-state index < -0.39 is 24.4 Å². The number of hydrogen-bond acceptors (Lipinski definition) is 6. The average molecular weight is 526 g/mol. The number of amides is 1. The van der Waals surface area contributed by atoms with E-state index in [4.69, 9.17) is 9.94 Å². The van der Waals surface area contributed by atoms with Crippen LogP contribution in [0.2, 0.25) is 0 Å². The molecule has 1 atom stereocenters. The van der Waals surface area contributed by atoms with Gasteiger partial charge < -0.3 is 20.1 Å². The van der Waals surface area contributed by atoms with E-state index >= 15 is 0 Å². The number of fused-ring (bicyclic) bond motifs is 1. The quantitative estimate of drug-likeness (QED) is 0.266. The van der Waals surface area contributed by atoms with Crippen LogP contribution in [-0.2, 0) is 4.84 Å². The van der Waals surface area contributed by atoms with Crippen LogP contribution in [0.1, 0.15) is 29.4 Å². The Bertz CT molecular complexity index is 1090. The summed E-state index contributed by atoms with van der Waals surface area (Å²) in [6, 6.07) is 6.75. The third kappa shape index (κ3) is 4.26. The highest BCUT2D eigenvalue weighted by Gasteiger charge is 2.33. The van der Waals surface area contributed by atoms with Crippen LogP contribution in [-0.4, -0.2) is 45.0 Å². The third-order valence-corrected chi connectivity index (χ3v) is 5.44. The van der Waals surface area contributed by atoms with E-state index in [1.54, 1.807) is 24.5 Å². The second kappa shape index (κ2) is 8.84. The highest BCUT2D eigenvalue weighted by atomic mass is 127. The first-order valence-electron chi connectivity index (χ1n) is 9.40. The Morgan fingerprint density at radius 2 is 2.20 bits per heavy atom. The zero-order valence-electron chi connectivity index (χ0n) is 15.8. The molecule has 30 heavy (non-hydrogen) atoms. The minimum absolute atomic E-state index is 0.149. The molecular weight excluding hydrogens is 506 g/mol. The Morgan fingerprint density at radius 3 is 2.90 bits per heavy atom. The summed E-state index contributed by atoms with van der Waals surface area (Å²) in [4.78, 5) is 22.3. The van der Waals surface area contributed by atoms with Crippen molar-refractivity contribution < 1.29 is 24.2 Å². The second-order valence-corrected chi connectivity index (χ2v) is 8.29. The standard InChI is InChI=1S/C20H20FIN4O4/c21-15-7-11(22)1-4-16(15)24-18-14-8-23-6-5-17(14)26(12-2-3-12)19(18)20(29)25-30-10-13(28)9-27/h1,4-8,12-13,24,27-28H,2-3,9-10H2,(H,25,29)/t13-/m1/s1. The Kier molecular flexibility index (Phi) is 6.18. The minimum atomic E-state index is -1.11. The zero-order chi connectivity index (χ0) is 21.3. The summed E-state index contributed by atoms with van der Waals surface area (Å²) in [6.45, 7) is -0.745. The molecule has 1 amide bonds. The number of benzene rings is 1. The van der Waals surface area contributed by atoms with Crippen molar-refractivity contribution in [1.29, 1.82) is 0 Å². The van der Waals surface area contributed by atoms with Gasteiger partial charge in [0.1, 0.15) is 24.2 Å². The molecule has 1 aliphatic rings. The molecule has 1 saturated carbocycles. The van der Waals surface area contributed by atoms with Crippen LogP contribution in [0.25, 0.3) is 10.9 Å². The SMILES string of the molecule is O=C(NOC[C@H](O)CO)c1c(Nc2ccc(I)cc2F)c2cnccc2n1C1CC1. The van der Waals surface area contributed by atoms with Crippen LogP contribution in [0.3, 0.4) is 0 Å². The fourth-order valence-corrected chi connectivity index (χ4v) is 3.70. The van der Waals surface area contributed by atoms with Gasteiger partial charge in [-0.15, -0.1) is 0 Å². The number of hydroxylamine groups is 1. The number of carbonyl (C=O) groups is 1. The molecular formula is C20H20FIN4O4. The number of nitrogens with zero attached hydrogens (tertiary/aromatic N) is 2. The Hall–Kier alpha value is -2.28. The van der Waals surface area contributed by atoms with Gasteiger partial charge in [-0.05, 0) is 59.7 Å². The van der Waals surface area contributed by atoms with Crippen molar-refractivity contribution in [1.82, 2.24) is 15.0 Å². The van der Waals surface area contributed by atoms with Gasteiger partial charge in [-0.3, -0.25) is 14.6 Å². The molecule has 4 N–H and O–H groups in total. The summed E-state index contributed by atoms with van der Waals surface area (Å²) in [7, 11) is 0. The van der Waals surface area contributed by atoms with Crippen molar-refractivity contribution in [2.45, 2.75) is 25.0 Å². The molecule has 10 heteroatoms. The molecule has 0 saturated heterocycles. The van der Waals surface area contributed by atoms with Crippen molar-refractivity contribution in [2.75, 3.05) is 18.5 Å². The van der Waals surface area contributed by atoms with Gasteiger partial charge in [0.25, 0.3) is 5.91 Å². The molecule has 0 unspecified atom stereocenters. The van der Waals surface area contributed by atoms with Gasteiger partial charge in [-0.1, -0.05) is 0 Å². The number of rotatable bonds is 8. The lowest BCUT2D eigenvalue weighted by Crippen LogP contribution is -2.31. The lowest BCUT2D eigenvalue weighted by Gasteiger charge is -2.14. The molecule has 4 rings (SSSR count). The highest BCUT2D eigenvalue weighted by Crippen LogP contribution is 2.43. The van der Waals surface area contributed by atoms with Crippen LogP contribution in [0, 0.1) is 9.39 Å². The number of hydrogen-bond donors (Lipinski definition) is 4. The van der Waals surface area contributed by atoms with Crippen molar-refractivity contribution in [3.8, 4) is 0 Å². The number of nitrogens with one attached hydrogen (secondary N) is 2. The lowest BCUT2D eigenvalue weighted by molar-refractivity contribution is -0.0297. The third-order valence-electron chi connectivity index (χ3n) is 4.77. The van der Waals surface area contributed by atoms with Gasteiger partial charge in [-0.2, -0.15) is 0 Å². The van der Waals surface area contributed by atoms with Crippen molar-refractivity contribution in [2.24, 2.45) is 0 Å². The van der Waals surface area contributed by atoms with E-state index in [0.717, 1.165) is 21.9 Å². The minimum Gasteiger partial charge on any atom is -0.394 e. The van der Waals surface area contributed by atoms with Gasteiger partial charge >= 0.3 is 0 Å². The molecule has 2 aromatic heterocycles. The summed E-state index contributed by atoms with van der Waals surface area (Å²) in [5.74, 6) is -0.983. The number of anilines is 2. The summed E-state index contributed by atoms with van der Waals surface area (Å²) in [5.41, 5.74) is 4.07. The average Bonchev–Trinajstić information content (AvgIpc) is 3.52. The van der Waals surface area contributed by atoms with Gasteiger partial charge in [0.05, 0.1) is 23.5 Å². The van der Waals surface area contributed by atoms with Crippen LogP contribution in [0.5, 0.6) is 0 Å². The predicted molar refractivity (Wildman–Crippen MR) is 117 cm³/mol. The van der Waals surface area contributed by atoms with Gasteiger partial charge in [0.15, 0.2) is 0 Å². The fraction of sp³-hybridized carbons (Fsp3) is 0.300. The monoisotopic (exact) mass is 526 g/mol. The maximum absolute atomic E-state index is 14.5. The van der Waals surface area contributed by atoms with E-state index in [0.29, 0.717) is 11.1 Å². The zero-order valence-corrected chi connectivity index (χ0v) is 18.0. The van der Waals surface area contributed by atoms with Crippen LogP contribution < -0.4 is 10.8 Å². The van der Waals surface area contributed by atoms with Crippen molar-refractivity contribution in [3.05, 3.63) is 51.7 Å². The maximum Gasteiger partial charge on any atom is 0.293 e. The summed E-state index contributed by atoms with van der Waals surface area (Å²) in [6.07, 6.45) is 4.02. The summed E-state index contributed by atoms with van der Waals surface area (Å²) in [5, 5.41) is 22.1. The van der Waals surface area contributed by atoms with E-state index in [9.17, 15) is 14.3 Å². The molecule has 0 bridgehead atoms. The first kappa shape index (κ1) is 21.0. The Labute approximate surface area is 185 Å².